The van der Waals surface area contributed by atoms with Crippen LogP contribution >= 0.6 is 0 Å². The van der Waals surface area contributed by atoms with Gasteiger partial charge in [0.25, 0.3) is 5.56 Å². The van der Waals surface area contributed by atoms with Crippen molar-refractivity contribution in [2.75, 3.05) is 0 Å². The third kappa shape index (κ3) is 4.46. The average molecular weight is 402 g/mol. The molecule has 0 atom stereocenters. The maximum absolute atomic E-state index is 12.2. The molecule has 1 aromatic carbocycles. The third-order valence-corrected chi connectivity index (χ3v) is 4.32. The summed E-state index contributed by atoms with van der Waals surface area (Å²) >= 11 is 0. The number of nitrogens with zero attached hydrogens (tertiary/aromatic N) is 5. The van der Waals surface area contributed by atoms with E-state index in [-0.39, 0.29) is 30.4 Å². The van der Waals surface area contributed by atoms with Crippen LogP contribution in [-0.4, -0.2) is 30.8 Å². The maximum atomic E-state index is 12.2. The number of amides is 1. The highest BCUT2D eigenvalue weighted by Crippen LogP contribution is 2.16. The summed E-state index contributed by atoms with van der Waals surface area (Å²) in [5, 5.41) is 10.8. The van der Waals surface area contributed by atoms with Gasteiger partial charge in [-0.05, 0) is 25.1 Å². The smallest absolute Gasteiger partial charge is 0.316 e. The Bertz CT molecular complexity index is 1220. The first kappa shape index (κ1) is 19.2. The predicted octanol–water partition coefficient (Wildman–Crippen LogP) is 1.98. The number of carbonyl (C=O) groups is 1. The molecule has 0 saturated heterocycles. The van der Waals surface area contributed by atoms with Gasteiger partial charge in [0.05, 0.1) is 17.9 Å². The summed E-state index contributed by atoms with van der Waals surface area (Å²) in [5.41, 5.74) is 3.06. The molecule has 0 fully saturated rings. The number of aromatic nitrogens is 5. The lowest BCUT2D eigenvalue weighted by atomic mass is 10.1. The number of pyridine rings is 1. The highest BCUT2D eigenvalue weighted by Gasteiger charge is 2.16. The number of nitrogens with one attached hydrogen (secondary N) is 1. The Kier molecular flexibility index (Phi) is 5.42. The Morgan fingerprint density at radius 3 is 2.70 bits per heavy atom. The van der Waals surface area contributed by atoms with Gasteiger partial charge in [0.1, 0.15) is 6.54 Å². The highest BCUT2D eigenvalue weighted by atomic mass is 16.5. The van der Waals surface area contributed by atoms with Crippen LogP contribution in [0.2, 0.25) is 0 Å². The monoisotopic (exact) mass is 402 g/mol. The van der Waals surface area contributed by atoms with Crippen LogP contribution in [0, 0.1) is 6.92 Å². The molecule has 0 aliphatic heterocycles. The first-order valence-corrected chi connectivity index (χ1v) is 9.24. The van der Waals surface area contributed by atoms with Gasteiger partial charge in [-0.3, -0.25) is 14.6 Å². The molecular formula is C21H18N6O3. The van der Waals surface area contributed by atoms with Gasteiger partial charge in [0, 0.05) is 17.8 Å². The van der Waals surface area contributed by atoms with E-state index in [1.54, 1.807) is 24.4 Å². The van der Waals surface area contributed by atoms with Crippen LogP contribution in [0.15, 0.2) is 70.1 Å². The minimum Gasteiger partial charge on any atom is -0.342 e. The fourth-order valence-corrected chi connectivity index (χ4v) is 2.73. The Morgan fingerprint density at radius 1 is 1.10 bits per heavy atom. The molecule has 1 N–H and O–H groups in total. The predicted molar refractivity (Wildman–Crippen MR) is 107 cm³/mol. The molecule has 3 aromatic heterocycles. The summed E-state index contributed by atoms with van der Waals surface area (Å²) in [6.45, 7) is 2.21. The molecule has 30 heavy (non-hydrogen) atoms. The number of aryl methyl sites for hydroxylation is 1. The van der Waals surface area contributed by atoms with Gasteiger partial charge >= 0.3 is 11.8 Å². The van der Waals surface area contributed by atoms with Crippen molar-refractivity contribution in [3.63, 3.8) is 0 Å². The van der Waals surface area contributed by atoms with Crippen molar-refractivity contribution in [3.8, 4) is 11.3 Å². The molecule has 4 aromatic rings. The standard InChI is InChI=1S/C21H18N6O3/c1-14-5-7-15(8-6-14)17-9-10-19(28)27(25-17)13-18-24-21(30-26-18)20(29)23-12-16-4-2-3-11-22-16/h2-11H,12-13H2,1H3,(H,23,29). The normalized spacial score (nSPS) is 10.7. The van der Waals surface area contributed by atoms with E-state index in [0.717, 1.165) is 11.1 Å². The molecule has 0 radical (unpaired) electrons. The van der Waals surface area contributed by atoms with E-state index in [1.165, 1.54) is 10.7 Å². The Balaban J connectivity index is 1.46. The van der Waals surface area contributed by atoms with E-state index in [2.05, 4.69) is 25.5 Å². The van der Waals surface area contributed by atoms with Gasteiger partial charge in [-0.2, -0.15) is 10.1 Å². The maximum Gasteiger partial charge on any atom is 0.316 e. The van der Waals surface area contributed by atoms with E-state index >= 15 is 0 Å². The van der Waals surface area contributed by atoms with E-state index in [4.69, 9.17) is 4.52 Å². The van der Waals surface area contributed by atoms with Crippen molar-refractivity contribution in [1.82, 2.24) is 30.2 Å². The molecule has 9 heteroatoms. The number of rotatable bonds is 6. The van der Waals surface area contributed by atoms with Crippen LogP contribution in [0.3, 0.4) is 0 Å². The third-order valence-electron chi connectivity index (χ3n) is 4.32. The number of benzene rings is 1. The molecule has 0 aliphatic rings. The van der Waals surface area contributed by atoms with E-state index in [1.807, 2.05) is 37.3 Å². The van der Waals surface area contributed by atoms with Crippen molar-refractivity contribution in [1.29, 1.82) is 0 Å². The van der Waals surface area contributed by atoms with Crippen LogP contribution in [-0.2, 0) is 13.1 Å². The molecule has 0 unspecified atom stereocenters. The molecule has 9 nitrogen and oxygen atoms in total. The molecule has 0 saturated carbocycles. The quantitative estimate of drug-likeness (QED) is 0.524. The Hall–Kier alpha value is -4.14. The first-order valence-electron chi connectivity index (χ1n) is 9.24. The lowest BCUT2D eigenvalue weighted by molar-refractivity contribution is 0.0906. The van der Waals surface area contributed by atoms with Gasteiger partial charge in [-0.25, -0.2) is 4.68 Å². The summed E-state index contributed by atoms with van der Waals surface area (Å²) in [4.78, 5) is 32.6. The minimum atomic E-state index is -0.520. The topological polar surface area (TPSA) is 116 Å². The zero-order valence-electron chi connectivity index (χ0n) is 16.1. The van der Waals surface area contributed by atoms with Crippen LogP contribution in [0.25, 0.3) is 11.3 Å². The van der Waals surface area contributed by atoms with Gasteiger partial charge in [-0.1, -0.05) is 41.1 Å². The molecule has 0 bridgehead atoms. The van der Waals surface area contributed by atoms with Gasteiger partial charge < -0.3 is 9.84 Å². The number of carbonyl (C=O) groups excluding carboxylic acids is 1. The summed E-state index contributed by atoms with van der Waals surface area (Å²) in [5.74, 6) is -0.537. The number of hydrogen-bond donors (Lipinski definition) is 1. The molecule has 150 valence electrons. The summed E-state index contributed by atoms with van der Waals surface area (Å²) in [7, 11) is 0. The molecule has 0 spiro atoms. The first-order chi connectivity index (χ1) is 14.6. The van der Waals surface area contributed by atoms with Crippen LogP contribution in [0.1, 0.15) is 27.8 Å². The van der Waals surface area contributed by atoms with Crippen molar-refractivity contribution in [3.05, 3.63) is 94.1 Å². The average Bonchev–Trinajstić information content (AvgIpc) is 3.24. The second-order valence-electron chi connectivity index (χ2n) is 6.60. The summed E-state index contributed by atoms with van der Waals surface area (Å²) in [6, 6.07) is 16.3. The van der Waals surface area contributed by atoms with Gasteiger partial charge in [-0.15, -0.1) is 0 Å². The van der Waals surface area contributed by atoms with Crippen molar-refractivity contribution in [2.45, 2.75) is 20.0 Å². The second-order valence-corrected chi connectivity index (χ2v) is 6.60. The Morgan fingerprint density at radius 2 is 1.93 bits per heavy atom. The van der Waals surface area contributed by atoms with E-state index in [9.17, 15) is 9.59 Å². The minimum absolute atomic E-state index is 0.0183. The van der Waals surface area contributed by atoms with Crippen LogP contribution in [0.5, 0.6) is 0 Å². The fraction of sp³-hybridized carbons (Fsp3) is 0.143. The SMILES string of the molecule is Cc1ccc(-c2ccc(=O)n(Cc3noc(C(=O)NCc4ccccn4)n3)n2)cc1. The second kappa shape index (κ2) is 8.48. The number of hydrogen-bond acceptors (Lipinski definition) is 7. The lowest BCUT2D eigenvalue weighted by Gasteiger charge is -2.05. The summed E-state index contributed by atoms with van der Waals surface area (Å²) < 4.78 is 6.25. The summed E-state index contributed by atoms with van der Waals surface area (Å²) in [6.07, 6.45) is 1.64. The Labute approximate surface area is 171 Å². The molecule has 1 amide bonds. The molecule has 3 heterocycles. The van der Waals surface area contributed by atoms with Gasteiger partial charge in [0.2, 0.25) is 0 Å². The molecule has 0 aliphatic carbocycles. The van der Waals surface area contributed by atoms with E-state index in [0.29, 0.717) is 11.4 Å². The lowest BCUT2D eigenvalue weighted by Crippen LogP contribution is -2.24. The van der Waals surface area contributed by atoms with Gasteiger partial charge in [0.15, 0.2) is 5.82 Å². The van der Waals surface area contributed by atoms with Crippen molar-refractivity contribution < 1.29 is 9.32 Å². The van der Waals surface area contributed by atoms with E-state index < -0.39 is 5.91 Å². The zero-order valence-corrected chi connectivity index (χ0v) is 16.1. The zero-order chi connectivity index (χ0) is 20.9. The van der Waals surface area contributed by atoms with Crippen LogP contribution < -0.4 is 10.9 Å². The molecule has 4 rings (SSSR count). The molecular weight excluding hydrogens is 384 g/mol. The largest absolute Gasteiger partial charge is 0.342 e. The fourth-order valence-electron chi connectivity index (χ4n) is 2.73. The van der Waals surface area contributed by atoms with Crippen molar-refractivity contribution in [2.24, 2.45) is 0 Å². The highest BCUT2D eigenvalue weighted by molar-refractivity contribution is 5.89. The van der Waals surface area contributed by atoms with Crippen LogP contribution in [0.4, 0.5) is 0 Å². The van der Waals surface area contributed by atoms with Crippen molar-refractivity contribution >= 4 is 5.91 Å².